The number of rotatable bonds is 5. The van der Waals surface area contributed by atoms with Gasteiger partial charge in [-0.15, -0.1) is 0 Å². The molecule has 2 aliphatic carbocycles. The number of Topliss-reactive ketones (excluding diaryl/α,β-unsaturated/α-hetero) is 1. The zero-order chi connectivity index (χ0) is 13.7. The van der Waals surface area contributed by atoms with Crippen LogP contribution in [0, 0.1) is 11.8 Å². The average Bonchev–Trinajstić information content (AvgIpc) is 2.47. The number of nitrogens with zero attached hydrogens (tertiary/aromatic N) is 1. The molecule has 0 bridgehead atoms. The molecular weight excluding hydrogens is 234 g/mol. The Morgan fingerprint density at radius 2 is 1.84 bits per heavy atom. The van der Waals surface area contributed by atoms with Crippen LogP contribution in [0.5, 0.6) is 0 Å². The molecule has 0 aliphatic heterocycles. The molecule has 110 valence electrons. The van der Waals surface area contributed by atoms with E-state index >= 15 is 0 Å². The molecule has 0 saturated heterocycles. The van der Waals surface area contributed by atoms with Gasteiger partial charge in [0.15, 0.2) is 0 Å². The smallest absolute Gasteiger partial charge is 0.137 e. The van der Waals surface area contributed by atoms with Gasteiger partial charge in [-0.3, -0.25) is 9.69 Å². The van der Waals surface area contributed by atoms with Gasteiger partial charge in [0, 0.05) is 24.9 Å². The predicted octanol–water partition coefficient (Wildman–Crippen LogP) is 4.04. The third-order valence-electron chi connectivity index (χ3n) is 5.40. The fourth-order valence-electron chi connectivity index (χ4n) is 4.01. The molecular formula is C17H31NO. The van der Waals surface area contributed by atoms with Crippen LogP contribution < -0.4 is 0 Å². The van der Waals surface area contributed by atoms with E-state index in [0.29, 0.717) is 11.7 Å². The maximum Gasteiger partial charge on any atom is 0.137 e. The molecule has 0 spiro atoms. The highest BCUT2D eigenvalue weighted by Gasteiger charge is 2.31. The topological polar surface area (TPSA) is 20.3 Å². The van der Waals surface area contributed by atoms with Gasteiger partial charge in [0.2, 0.25) is 0 Å². The minimum Gasteiger partial charge on any atom is -0.300 e. The number of carbonyl (C=O) groups excluding carboxylic acids is 1. The second-order valence-electron chi connectivity index (χ2n) is 6.59. The van der Waals surface area contributed by atoms with E-state index in [1.165, 1.54) is 38.5 Å². The highest BCUT2D eigenvalue weighted by Crippen LogP contribution is 2.31. The molecule has 0 aromatic carbocycles. The molecule has 2 saturated carbocycles. The second-order valence-corrected chi connectivity index (χ2v) is 6.59. The van der Waals surface area contributed by atoms with Crippen LogP contribution in [0.3, 0.4) is 0 Å². The normalized spacial score (nSPS) is 29.9. The lowest BCUT2D eigenvalue weighted by molar-refractivity contribution is -0.126. The van der Waals surface area contributed by atoms with Crippen LogP contribution in [-0.4, -0.2) is 29.8 Å². The summed E-state index contributed by atoms with van der Waals surface area (Å²) in [4.78, 5) is 14.8. The molecule has 2 unspecified atom stereocenters. The summed E-state index contributed by atoms with van der Waals surface area (Å²) in [6.45, 7) is 6.69. The molecule has 2 nitrogen and oxygen atoms in total. The molecule has 2 heteroatoms. The summed E-state index contributed by atoms with van der Waals surface area (Å²) < 4.78 is 0. The van der Waals surface area contributed by atoms with Crippen LogP contribution in [0.25, 0.3) is 0 Å². The van der Waals surface area contributed by atoms with Crippen molar-refractivity contribution in [3.05, 3.63) is 0 Å². The summed E-state index contributed by atoms with van der Waals surface area (Å²) in [6.07, 6.45) is 11.3. The van der Waals surface area contributed by atoms with Gasteiger partial charge in [-0.2, -0.15) is 0 Å². The molecule has 19 heavy (non-hydrogen) atoms. The Kier molecular flexibility index (Phi) is 5.87. The third kappa shape index (κ3) is 4.05. The van der Waals surface area contributed by atoms with Crippen LogP contribution in [0.2, 0.25) is 0 Å². The van der Waals surface area contributed by atoms with Crippen molar-refractivity contribution < 1.29 is 4.79 Å². The quantitative estimate of drug-likeness (QED) is 0.748. The van der Waals surface area contributed by atoms with Crippen LogP contribution in [-0.2, 0) is 4.79 Å². The first kappa shape index (κ1) is 15.0. The van der Waals surface area contributed by atoms with Crippen molar-refractivity contribution in [3.8, 4) is 0 Å². The Labute approximate surface area is 118 Å². The van der Waals surface area contributed by atoms with Gasteiger partial charge in [0.05, 0.1) is 0 Å². The standard InChI is InChI=1S/C17H31NO/c1-3-14-10-11-17(19)15(12-14)13-18(4-2)16-8-6-5-7-9-16/h14-16H,3-13H2,1-2H3. The minimum atomic E-state index is 0.334. The maximum absolute atomic E-state index is 12.2. The van der Waals surface area contributed by atoms with E-state index < -0.39 is 0 Å². The molecule has 2 aliphatic rings. The van der Waals surface area contributed by atoms with E-state index in [1.807, 2.05) is 0 Å². The second kappa shape index (κ2) is 7.42. The molecule has 0 radical (unpaired) electrons. The van der Waals surface area contributed by atoms with E-state index in [1.54, 1.807) is 0 Å². The van der Waals surface area contributed by atoms with Crippen LogP contribution in [0.4, 0.5) is 0 Å². The molecule has 2 fully saturated rings. The first-order valence-electron chi connectivity index (χ1n) is 8.51. The fourth-order valence-corrected chi connectivity index (χ4v) is 4.01. The first-order chi connectivity index (χ1) is 9.24. The van der Waals surface area contributed by atoms with Gasteiger partial charge in [0.25, 0.3) is 0 Å². The molecule has 0 N–H and O–H groups in total. The number of ketones is 1. The largest absolute Gasteiger partial charge is 0.300 e. The van der Waals surface area contributed by atoms with Crippen molar-refractivity contribution in [2.45, 2.75) is 77.7 Å². The summed E-state index contributed by atoms with van der Waals surface area (Å²) >= 11 is 0. The Morgan fingerprint density at radius 3 is 2.47 bits per heavy atom. The van der Waals surface area contributed by atoms with Gasteiger partial charge in [-0.25, -0.2) is 0 Å². The van der Waals surface area contributed by atoms with Crippen molar-refractivity contribution in [2.75, 3.05) is 13.1 Å². The lowest BCUT2D eigenvalue weighted by atomic mass is 9.78. The molecule has 0 aromatic rings. The van der Waals surface area contributed by atoms with Gasteiger partial charge in [-0.1, -0.05) is 39.5 Å². The van der Waals surface area contributed by atoms with E-state index in [0.717, 1.165) is 44.3 Å². The SMILES string of the molecule is CCC1CCC(=O)C(CN(CC)C2CCCCC2)C1. The highest BCUT2D eigenvalue weighted by molar-refractivity contribution is 5.81. The molecule has 0 heterocycles. The highest BCUT2D eigenvalue weighted by atomic mass is 16.1. The van der Waals surface area contributed by atoms with Crippen molar-refractivity contribution in [3.63, 3.8) is 0 Å². The van der Waals surface area contributed by atoms with E-state index in [2.05, 4.69) is 18.7 Å². The van der Waals surface area contributed by atoms with E-state index in [9.17, 15) is 4.79 Å². The van der Waals surface area contributed by atoms with E-state index in [4.69, 9.17) is 0 Å². The number of hydrogen-bond donors (Lipinski definition) is 0. The zero-order valence-corrected chi connectivity index (χ0v) is 12.9. The first-order valence-corrected chi connectivity index (χ1v) is 8.51. The summed E-state index contributed by atoms with van der Waals surface area (Å²) in [5.74, 6) is 1.67. The molecule has 2 atom stereocenters. The molecule has 0 aromatic heterocycles. The lowest BCUT2D eigenvalue weighted by Gasteiger charge is -2.37. The minimum absolute atomic E-state index is 0.334. The summed E-state index contributed by atoms with van der Waals surface area (Å²) in [5.41, 5.74) is 0. The maximum atomic E-state index is 12.2. The number of hydrogen-bond acceptors (Lipinski definition) is 2. The van der Waals surface area contributed by atoms with Crippen molar-refractivity contribution in [2.24, 2.45) is 11.8 Å². The lowest BCUT2D eigenvalue weighted by Crippen LogP contribution is -2.43. The Balaban J connectivity index is 1.90. The van der Waals surface area contributed by atoms with Gasteiger partial charge in [0.1, 0.15) is 5.78 Å². The Morgan fingerprint density at radius 1 is 1.11 bits per heavy atom. The molecule has 2 rings (SSSR count). The van der Waals surface area contributed by atoms with Crippen molar-refractivity contribution >= 4 is 5.78 Å². The van der Waals surface area contributed by atoms with Crippen molar-refractivity contribution in [1.29, 1.82) is 0 Å². The Bertz CT molecular complexity index is 283. The summed E-state index contributed by atoms with van der Waals surface area (Å²) in [7, 11) is 0. The van der Waals surface area contributed by atoms with Crippen molar-refractivity contribution in [1.82, 2.24) is 4.90 Å². The van der Waals surface area contributed by atoms with Gasteiger partial charge < -0.3 is 0 Å². The predicted molar refractivity (Wildman–Crippen MR) is 80.2 cm³/mol. The zero-order valence-electron chi connectivity index (χ0n) is 12.9. The van der Waals surface area contributed by atoms with Crippen LogP contribution >= 0.6 is 0 Å². The summed E-state index contributed by atoms with van der Waals surface area (Å²) in [5, 5.41) is 0. The number of carbonyl (C=O) groups is 1. The Hall–Kier alpha value is -0.370. The fraction of sp³-hybridized carbons (Fsp3) is 0.941. The summed E-state index contributed by atoms with van der Waals surface area (Å²) in [6, 6.07) is 0.758. The van der Waals surface area contributed by atoms with Gasteiger partial charge >= 0.3 is 0 Å². The third-order valence-corrected chi connectivity index (χ3v) is 5.40. The molecule has 0 amide bonds. The van der Waals surface area contributed by atoms with Crippen LogP contribution in [0.15, 0.2) is 0 Å². The monoisotopic (exact) mass is 265 g/mol. The van der Waals surface area contributed by atoms with Crippen LogP contribution in [0.1, 0.15) is 71.6 Å². The van der Waals surface area contributed by atoms with Gasteiger partial charge in [-0.05, 0) is 38.1 Å². The average molecular weight is 265 g/mol. The van der Waals surface area contributed by atoms with E-state index in [-0.39, 0.29) is 0 Å².